The topological polar surface area (TPSA) is 102 Å². The second-order valence-electron chi connectivity index (χ2n) is 8.65. The van der Waals surface area contributed by atoms with E-state index in [1.165, 1.54) is 16.2 Å². The van der Waals surface area contributed by atoms with Crippen LogP contribution in [0.4, 0.5) is 5.00 Å². The molecule has 2 aromatic rings. The van der Waals surface area contributed by atoms with E-state index in [0.717, 1.165) is 30.4 Å². The number of ether oxygens (including phenoxy) is 1. The van der Waals surface area contributed by atoms with Gasteiger partial charge in [0.25, 0.3) is 5.91 Å². The minimum absolute atomic E-state index is 0.0154. The van der Waals surface area contributed by atoms with E-state index in [0.29, 0.717) is 28.5 Å². The molecule has 3 aliphatic rings. The Kier molecular flexibility index (Phi) is 5.05. The molecule has 1 fully saturated rings. The molecular formula is C22H24N2O5S2. The Labute approximate surface area is 185 Å². The van der Waals surface area contributed by atoms with Gasteiger partial charge in [-0.25, -0.2) is 13.2 Å². The molecule has 7 nitrogen and oxygen atoms in total. The lowest BCUT2D eigenvalue weighted by molar-refractivity contribution is 0.0437. The smallest absolute Gasteiger partial charge is 0.340 e. The summed E-state index contributed by atoms with van der Waals surface area (Å²) in [6, 6.07) is 6.85. The van der Waals surface area contributed by atoms with E-state index in [1.807, 2.05) is 12.1 Å². The summed E-state index contributed by atoms with van der Waals surface area (Å²) in [5, 5.41) is 6.89. The fraction of sp³-hybridized carbons (Fsp3) is 0.455. The number of carbonyl (C=O) groups is 2. The van der Waals surface area contributed by atoms with Crippen LogP contribution in [-0.2, 0) is 27.4 Å². The average Bonchev–Trinajstić information content (AvgIpc) is 3.35. The van der Waals surface area contributed by atoms with Gasteiger partial charge in [0, 0.05) is 16.5 Å². The molecule has 2 N–H and O–H groups in total. The summed E-state index contributed by atoms with van der Waals surface area (Å²) in [6.45, 7) is 2.20. The number of benzene rings is 1. The molecule has 3 unspecified atom stereocenters. The number of esters is 1. The first-order valence-corrected chi connectivity index (χ1v) is 13.2. The highest BCUT2D eigenvalue weighted by atomic mass is 32.2. The number of rotatable bonds is 4. The predicted molar refractivity (Wildman–Crippen MR) is 118 cm³/mol. The van der Waals surface area contributed by atoms with Crippen molar-refractivity contribution in [2.45, 2.75) is 44.9 Å². The van der Waals surface area contributed by atoms with Gasteiger partial charge in [0.05, 0.1) is 22.6 Å². The molecule has 3 atom stereocenters. The normalized spacial score (nSPS) is 26.1. The van der Waals surface area contributed by atoms with Crippen LogP contribution < -0.4 is 10.6 Å². The number of hydrogen-bond donors (Lipinski definition) is 2. The first kappa shape index (κ1) is 20.5. The molecule has 31 heavy (non-hydrogen) atoms. The molecule has 0 bridgehead atoms. The van der Waals surface area contributed by atoms with E-state index < -0.39 is 16.1 Å². The highest BCUT2D eigenvalue weighted by molar-refractivity contribution is 7.91. The first-order valence-electron chi connectivity index (χ1n) is 10.5. The lowest BCUT2D eigenvalue weighted by Gasteiger charge is -2.20. The van der Waals surface area contributed by atoms with Gasteiger partial charge in [0.1, 0.15) is 5.00 Å². The summed E-state index contributed by atoms with van der Waals surface area (Å²) in [6.07, 6.45) is 2.50. The third-order valence-corrected chi connectivity index (χ3v) is 9.21. The van der Waals surface area contributed by atoms with E-state index in [-0.39, 0.29) is 29.4 Å². The van der Waals surface area contributed by atoms with Crippen molar-refractivity contribution in [3.05, 3.63) is 51.4 Å². The van der Waals surface area contributed by atoms with Crippen molar-refractivity contribution in [3.63, 3.8) is 0 Å². The van der Waals surface area contributed by atoms with Crippen LogP contribution in [0.3, 0.4) is 0 Å². The Hall–Kier alpha value is -2.39. The molecule has 1 aromatic heterocycles. The van der Waals surface area contributed by atoms with Crippen molar-refractivity contribution < 1.29 is 22.7 Å². The number of thiophene rings is 1. The summed E-state index contributed by atoms with van der Waals surface area (Å²) in [4.78, 5) is 26.7. The van der Waals surface area contributed by atoms with Crippen molar-refractivity contribution in [1.82, 2.24) is 5.32 Å². The van der Waals surface area contributed by atoms with Gasteiger partial charge in [-0.2, -0.15) is 0 Å². The van der Waals surface area contributed by atoms with Crippen molar-refractivity contribution in [3.8, 4) is 0 Å². The van der Waals surface area contributed by atoms with E-state index in [1.54, 1.807) is 12.1 Å². The van der Waals surface area contributed by atoms with Crippen LogP contribution >= 0.6 is 11.3 Å². The number of nitrogens with one attached hydrogen (secondary N) is 2. The van der Waals surface area contributed by atoms with Crippen LogP contribution in [0.5, 0.6) is 0 Å². The molecule has 1 aliphatic carbocycles. The summed E-state index contributed by atoms with van der Waals surface area (Å²) in [5.74, 6) is -0.00493. The van der Waals surface area contributed by atoms with Gasteiger partial charge in [0.2, 0.25) is 6.23 Å². The average molecular weight is 461 g/mol. The summed E-state index contributed by atoms with van der Waals surface area (Å²) in [5.41, 5.74) is 2.87. The minimum Gasteiger partial charge on any atom is -0.434 e. The number of fused-ring (bicyclic) bond motifs is 2. The molecule has 5 rings (SSSR count). The molecule has 0 radical (unpaired) electrons. The first-order chi connectivity index (χ1) is 14.8. The number of carbonyl (C=O) groups excluding carboxylic acids is 2. The Morgan fingerprint density at radius 1 is 1.23 bits per heavy atom. The fourth-order valence-electron chi connectivity index (χ4n) is 4.63. The van der Waals surface area contributed by atoms with Gasteiger partial charge in [-0.15, -0.1) is 11.3 Å². The largest absolute Gasteiger partial charge is 0.434 e. The summed E-state index contributed by atoms with van der Waals surface area (Å²) >= 11 is 1.53. The van der Waals surface area contributed by atoms with Gasteiger partial charge in [-0.05, 0) is 43.2 Å². The number of amides is 1. The summed E-state index contributed by atoms with van der Waals surface area (Å²) in [7, 11) is -3.09. The van der Waals surface area contributed by atoms with Crippen molar-refractivity contribution >= 4 is 38.1 Å². The molecule has 9 heteroatoms. The monoisotopic (exact) mass is 460 g/mol. The lowest BCUT2D eigenvalue weighted by Crippen LogP contribution is -2.36. The molecule has 1 amide bonds. The van der Waals surface area contributed by atoms with E-state index in [2.05, 4.69) is 17.6 Å². The van der Waals surface area contributed by atoms with Crippen LogP contribution in [0.2, 0.25) is 0 Å². The van der Waals surface area contributed by atoms with Crippen LogP contribution in [0.15, 0.2) is 24.3 Å². The summed E-state index contributed by atoms with van der Waals surface area (Å²) < 4.78 is 29.2. The number of hydrogen-bond acceptors (Lipinski definition) is 7. The Morgan fingerprint density at radius 3 is 2.81 bits per heavy atom. The van der Waals surface area contributed by atoms with E-state index in [9.17, 15) is 18.0 Å². The van der Waals surface area contributed by atoms with Gasteiger partial charge in [0.15, 0.2) is 9.84 Å². The van der Waals surface area contributed by atoms with Crippen LogP contribution in [0.25, 0.3) is 0 Å². The zero-order valence-electron chi connectivity index (χ0n) is 17.1. The zero-order valence-corrected chi connectivity index (χ0v) is 18.8. The standard InChI is InChI=1S/C22H24N2O5S2/c1-12-6-7-16-17(10-12)30-21(18(16)19(25)23-13-8-9-31(27,28)11-13)24-20-14-4-2-3-5-15(14)22(26)29-20/h2-5,12-13,20,24H,6-11H2,1H3,(H,23,25). The van der Waals surface area contributed by atoms with Crippen LogP contribution in [-0.4, -0.2) is 37.8 Å². The SMILES string of the molecule is CC1CCc2c(sc(NC3OC(=O)c4ccccc43)c2C(=O)NC2CCS(=O)(=O)C2)C1. The molecule has 0 saturated carbocycles. The maximum absolute atomic E-state index is 13.3. The Bertz CT molecular complexity index is 1170. The quantitative estimate of drug-likeness (QED) is 0.680. The van der Waals surface area contributed by atoms with Gasteiger partial charge >= 0.3 is 5.97 Å². The number of anilines is 1. The van der Waals surface area contributed by atoms with Crippen molar-refractivity contribution in [2.24, 2.45) is 5.92 Å². The highest BCUT2D eigenvalue weighted by Crippen LogP contribution is 2.42. The van der Waals surface area contributed by atoms with E-state index >= 15 is 0 Å². The molecule has 1 saturated heterocycles. The molecule has 0 spiro atoms. The van der Waals surface area contributed by atoms with E-state index in [4.69, 9.17) is 4.74 Å². The molecule has 1 aromatic carbocycles. The van der Waals surface area contributed by atoms with Gasteiger partial charge < -0.3 is 15.4 Å². The molecular weight excluding hydrogens is 436 g/mol. The Balaban J connectivity index is 1.46. The van der Waals surface area contributed by atoms with Crippen molar-refractivity contribution in [2.75, 3.05) is 16.8 Å². The van der Waals surface area contributed by atoms with Gasteiger partial charge in [-0.3, -0.25) is 4.79 Å². The fourth-order valence-corrected chi connectivity index (χ4v) is 7.73. The maximum atomic E-state index is 13.3. The third-order valence-electron chi connectivity index (χ3n) is 6.26. The molecule has 3 heterocycles. The molecule has 164 valence electrons. The third kappa shape index (κ3) is 3.85. The van der Waals surface area contributed by atoms with Crippen molar-refractivity contribution in [1.29, 1.82) is 0 Å². The zero-order chi connectivity index (χ0) is 21.8. The van der Waals surface area contributed by atoms with Gasteiger partial charge in [-0.1, -0.05) is 25.1 Å². The Morgan fingerprint density at radius 2 is 2.03 bits per heavy atom. The highest BCUT2D eigenvalue weighted by Gasteiger charge is 2.35. The minimum atomic E-state index is -3.09. The second kappa shape index (κ2) is 7.63. The van der Waals surface area contributed by atoms with Crippen LogP contribution in [0, 0.1) is 5.92 Å². The molecule has 2 aliphatic heterocycles. The number of cyclic esters (lactones) is 1. The predicted octanol–water partition coefficient (Wildman–Crippen LogP) is 3.07. The second-order valence-corrected chi connectivity index (χ2v) is 12.0. The van der Waals surface area contributed by atoms with Crippen LogP contribution in [0.1, 0.15) is 62.7 Å². The number of sulfone groups is 1. The maximum Gasteiger partial charge on any atom is 0.340 e. The lowest BCUT2D eigenvalue weighted by atomic mass is 9.88.